The third-order valence-electron chi connectivity index (χ3n) is 2.92. The van der Waals surface area contributed by atoms with Gasteiger partial charge in [-0.05, 0) is 24.0 Å². The maximum absolute atomic E-state index is 9.95. The molecule has 0 spiro atoms. The van der Waals surface area contributed by atoms with E-state index in [0.29, 0.717) is 11.2 Å². The van der Waals surface area contributed by atoms with Crippen molar-refractivity contribution in [2.45, 2.75) is 50.4 Å². The van der Waals surface area contributed by atoms with Gasteiger partial charge in [0.05, 0.1) is 6.10 Å². The maximum atomic E-state index is 9.95. The Morgan fingerprint density at radius 2 is 1.81 bits per heavy atom. The summed E-state index contributed by atoms with van der Waals surface area (Å²) in [4.78, 5) is 1.22. The Morgan fingerprint density at radius 3 is 2.38 bits per heavy atom. The quantitative estimate of drug-likeness (QED) is 0.773. The van der Waals surface area contributed by atoms with E-state index in [1.807, 2.05) is 36.9 Å². The van der Waals surface area contributed by atoms with Crippen molar-refractivity contribution in [2.75, 3.05) is 0 Å². The first-order valence-corrected chi connectivity index (χ1v) is 6.87. The predicted octanol–water partition coefficient (Wildman–Crippen LogP) is 4.27. The van der Waals surface area contributed by atoms with Crippen molar-refractivity contribution in [1.29, 1.82) is 0 Å². The molecule has 1 rings (SSSR count). The van der Waals surface area contributed by atoms with Gasteiger partial charge in [0, 0.05) is 10.1 Å². The van der Waals surface area contributed by atoms with Crippen LogP contribution in [-0.2, 0) is 0 Å². The third kappa shape index (κ3) is 3.53. The summed E-state index contributed by atoms with van der Waals surface area (Å²) in [5.74, 6) is 0.650. The monoisotopic (exact) mass is 238 g/mol. The van der Waals surface area contributed by atoms with Gasteiger partial charge in [-0.2, -0.15) is 0 Å². The summed E-state index contributed by atoms with van der Waals surface area (Å²) in [7, 11) is 0. The third-order valence-corrected chi connectivity index (χ3v) is 4.46. The average molecular weight is 238 g/mol. The Morgan fingerprint density at radius 1 is 1.19 bits per heavy atom. The van der Waals surface area contributed by atoms with E-state index in [0.717, 1.165) is 12.0 Å². The van der Waals surface area contributed by atoms with Crippen LogP contribution in [0.3, 0.4) is 0 Å². The Bertz CT molecular complexity index is 322. The van der Waals surface area contributed by atoms with Gasteiger partial charge in [-0.15, -0.1) is 11.8 Å². The molecule has 0 radical (unpaired) electrons. The van der Waals surface area contributed by atoms with Gasteiger partial charge in [-0.25, -0.2) is 0 Å². The van der Waals surface area contributed by atoms with E-state index < -0.39 is 0 Å². The van der Waals surface area contributed by atoms with Crippen LogP contribution >= 0.6 is 11.8 Å². The van der Waals surface area contributed by atoms with Crippen LogP contribution in [0.2, 0.25) is 0 Å². The van der Waals surface area contributed by atoms with Crippen LogP contribution in [0, 0.1) is 5.92 Å². The normalized spacial score (nSPS) is 15.1. The second kappa shape index (κ2) is 6.31. The molecule has 0 aromatic heterocycles. The Hall–Kier alpha value is -0.470. The van der Waals surface area contributed by atoms with E-state index in [-0.39, 0.29) is 6.10 Å². The molecule has 0 saturated carbocycles. The molecule has 1 unspecified atom stereocenters. The molecule has 90 valence electrons. The number of thioether (sulfide) groups is 1. The van der Waals surface area contributed by atoms with Gasteiger partial charge < -0.3 is 5.11 Å². The lowest BCUT2D eigenvalue weighted by Crippen LogP contribution is -2.07. The summed E-state index contributed by atoms with van der Waals surface area (Å²) in [5, 5.41) is 10.5. The molecule has 2 atom stereocenters. The van der Waals surface area contributed by atoms with Gasteiger partial charge in [-0.1, -0.05) is 45.9 Å². The Labute approximate surface area is 103 Å². The zero-order valence-electron chi connectivity index (χ0n) is 10.6. The highest BCUT2D eigenvalue weighted by atomic mass is 32.2. The zero-order chi connectivity index (χ0) is 12.1. The van der Waals surface area contributed by atoms with Crippen LogP contribution < -0.4 is 0 Å². The molecule has 16 heavy (non-hydrogen) atoms. The highest BCUT2D eigenvalue weighted by Crippen LogP contribution is 2.33. The van der Waals surface area contributed by atoms with Crippen molar-refractivity contribution in [3.8, 4) is 0 Å². The molecule has 1 N–H and O–H groups in total. The summed E-state index contributed by atoms with van der Waals surface area (Å²) in [6, 6.07) is 8.18. The molecule has 0 bridgehead atoms. The maximum Gasteiger partial charge on any atom is 0.0798 e. The molecule has 2 heteroatoms. The molecule has 0 aliphatic heterocycles. The number of rotatable bonds is 5. The highest BCUT2D eigenvalue weighted by Gasteiger charge is 2.14. The number of benzene rings is 1. The van der Waals surface area contributed by atoms with Crippen molar-refractivity contribution in [2.24, 2.45) is 5.92 Å². The van der Waals surface area contributed by atoms with Gasteiger partial charge in [0.15, 0.2) is 0 Å². The highest BCUT2D eigenvalue weighted by molar-refractivity contribution is 8.00. The summed E-state index contributed by atoms with van der Waals surface area (Å²) in [6.07, 6.45) is 0.441. The number of aliphatic hydroxyl groups is 1. The van der Waals surface area contributed by atoms with Gasteiger partial charge in [0.25, 0.3) is 0 Å². The van der Waals surface area contributed by atoms with Gasteiger partial charge in [0.2, 0.25) is 0 Å². The van der Waals surface area contributed by atoms with Crippen LogP contribution in [-0.4, -0.2) is 10.4 Å². The molecule has 0 aliphatic rings. The van der Waals surface area contributed by atoms with E-state index in [1.54, 1.807) is 0 Å². The molecule has 1 aromatic rings. The molecule has 0 aliphatic carbocycles. The SMILES string of the molecule is CC[C@H](O)c1ccccc1SC(C)C(C)C. The van der Waals surface area contributed by atoms with E-state index in [2.05, 4.69) is 26.8 Å². The first-order chi connectivity index (χ1) is 7.56. The van der Waals surface area contributed by atoms with Crippen molar-refractivity contribution >= 4 is 11.8 Å². The minimum atomic E-state index is -0.330. The molecule has 0 fully saturated rings. The lowest BCUT2D eigenvalue weighted by molar-refractivity contribution is 0.171. The minimum absolute atomic E-state index is 0.330. The van der Waals surface area contributed by atoms with Gasteiger partial charge in [-0.3, -0.25) is 0 Å². The van der Waals surface area contributed by atoms with Crippen molar-refractivity contribution < 1.29 is 5.11 Å². The number of hydrogen-bond acceptors (Lipinski definition) is 2. The lowest BCUT2D eigenvalue weighted by Gasteiger charge is -2.19. The molecule has 0 saturated heterocycles. The van der Waals surface area contributed by atoms with Crippen LogP contribution in [0.15, 0.2) is 29.2 Å². The van der Waals surface area contributed by atoms with E-state index in [4.69, 9.17) is 0 Å². The van der Waals surface area contributed by atoms with E-state index in [9.17, 15) is 5.11 Å². The fraction of sp³-hybridized carbons (Fsp3) is 0.571. The lowest BCUT2D eigenvalue weighted by atomic mass is 10.1. The summed E-state index contributed by atoms with van der Waals surface area (Å²) < 4.78 is 0. The van der Waals surface area contributed by atoms with Crippen LogP contribution in [0.25, 0.3) is 0 Å². The Balaban J connectivity index is 2.86. The van der Waals surface area contributed by atoms with Crippen LogP contribution in [0.1, 0.15) is 45.8 Å². The summed E-state index contributed by atoms with van der Waals surface area (Å²) in [6.45, 7) is 8.72. The summed E-state index contributed by atoms with van der Waals surface area (Å²) in [5.41, 5.74) is 1.07. The fourth-order valence-electron chi connectivity index (χ4n) is 1.42. The topological polar surface area (TPSA) is 20.2 Å². The smallest absolute Gasteiger partial charge is 0.0798 e. The van der Waals surface area contributed by atoms with Gasteiger partial charge >= 0.3 is 0 Å². The van der Waals surface area contributed by atoms with E-state index in [1.165, 1.54) is 4.90 Å². The predicted molar refractivity (Wildman–Crippen MR) is 71.8 cm³/mol. The van der Waals surface area contributed by atoms with Crippen LogP contribution in [0.4, 0.5) is 0 Å². The number of aliphatic hydroxyl groups excluding tert-OH is 1. The largest absolute Gasteiger partial charge is 0.388 e. The standard InChI is InChI=1S/C14H22OS/c1-5-13(15)12-8-6-7-9-14(12)16-11(4)10(2)3/h6-11,13,15H,5H2,1-4H3/t11?,13-/m0/s1. The molecular weight excluding hydrogens is 216 g/mol. The molecule has 1 aromatic carbocycles. The Kier molecular flexibility index (Phi) is 5.36. The van der Waals surface area contributed by atoms with Crippen molar-refractivity contribution in [3.63, 3.8) is 0 Å². The molecule has 0 amide bonds. The van der Waals surface area contributed by atoms with Crippen molar-refractivity contribution in [3.05, 3.63) is 29.8 Å². The van der Waals surface area contributed by atoms with Crippen LogP contribution in [0.5, 0.6) is 0 Å². The zero-order valence-corrected chi connectivity index (χ0v) is 11.4. The second-order valence-electron chi connectivity index (χ2n) is 4.53. The van der Waals surface area contributed by atoms with Crippen molar-refractivity contribution in [1.82, 2.24) is 0 Å². The molecule has 0 heterocycles. The van der Waals surface area contributed by atoms with Gasteiger partial charge in [0.1, 0.15) is 0 Å². The number of hydrogen-bond donors (Lipinski definition) is 1. The molecule has 1 nitrogen and oxygen atoms in total. The minimum Gasteiger partial charge on any atom is -0.388 e. The summed E-state index contributed by atoms with van der Waals surface area (Å²) >= 11 is 1.86. The average Bonchev–Trinajstić information content (AvgIpc) is 2.28. The second-order valence-corrected chi connectivity index (χ2v) is 5.95. The first kappa shape index (κ1) is 13.6. The fourth-order valence-corrected chi connectivity index (χ4v) is 2.59. The first-order valence-electron chi connectivity index (χ1n) is 5.99. The molecular formula is C14H22OS. The van der Waals surface area contributed by atoms with E-state index >= 15 is 0 Å².